The van der Waals surface area contributed by atoms with Gasteiger partial charge < -0.3 is 4.74 Å². The van der Waals surface area contributed by atoms with Gasteiger partial charge in [0.25, 0.3) is 5.88 Å². The SMILES string of the molecule is Fc1cnc(-c2ccnc(OCC3CCC3)c2F)nc1. The molecule has 0 unspecified atom stereocenters. The Morgan fingerprint density at radius 3 is 2.55 bits per heavy atom. The van der Waals surface area contributed by atoms with Gasteiger partial charge >= 0.3 is 0 Å². The van der Waals surface area contributed by atoms with Crippen molar-refractivity contribution in [3.05, 3.63) is 36.3 Å². The van der Waals surface area contributed by atoms with Crippen molar-refractivity contribution < 1.29 is 13.5 Å². The van der Waals surface area contributed by atoms with Crippen LogP contribution in [0.2, 0.25) is 0 Å². The van der Waals surface area contributed by atoms with Gasteiger partial charge in [0.15, 0.2) is 17.5 Å². The molecule has 3 rings (SSSR count). The molecule has 0 radical (unpaired) electrons. The van der Waals surface area contributed by atoms with E-state index in [-0.39, 0.29) is 17.3 Å². The summed E-state index contributed by atoms with van der Waals surface area (Å²) in [5.41, 5.74) is 0.156. The van der Waals surface area contributed by atoms with Crippen molar-refractivity contribution in [2.45, 2.75) is 19.3 Å². The van der Waals surface area contributed by atoms with E-state index >= 15 is 0 Å². The third-order valence-electron chi connectivity index (χ3n) is 3.40. The van der Waals surface area contributed by atoms with Gasteiger partial charge in [-0.3, -0.25) is 0 Å². The first-order valence-corrected chi connectivity index (χ1v) is 6.49. The average molecular weight is 277 g/mol. The van der Waals surface area contributed by atoms with E-state index in [2.05, 4.69) is 15.0 Å². The van der Waals surface area contributed by atoms with E-state index in [0.717, 1.165) is 25.2 Å². The highest BCUT2D eigenvalue weighted by Crippen LogP contribution is 2.29. The van der Waals surface area contributed by atoms with Crippen LogP contribution in [0.4, 0.5) is 8.78 Å². The van der Waals surface area contributed by atoms with Gasteiger partial charge in [0, 0.05) is 6.20 Å². The molecule has 0 aromatic carbocycles. The Bertz CT molecular complexity index is 600. The summed E-state index contributed by atoms with van der Waals surface area (Å²) in [5, 5.41) is 0. The fraction of sp³-hybridized carbons (Fsp3) is 0.357. The molecule has 0 saturated heterocycles. The predicted octanol–water partition coefficient (Wildman–Crippen LogP) is 3.00. The number of nitrogens with zero attached hydrogens (tertiary/aromatic N) is 3. The summed E-state index contributed by atoms with van der Waals surface area (Å²) < 4.78 is 32.5. The number of pyridine rings is 1. The highest BCUT2D eigenvalue weighted by atomic mass is 19.1. The Balaban J connectivity index is 1.82. The van der Waals surface area contributed by atoms with Gasteiger partial charge in [0.2, 0.25) is 0 Å². The van der Waals surface area contributed by atoms with Crippen LogP contribution in [-0.2, 0) is 0 Å². The van der Waals surface area contributed by atoms with Crippen LogP contribution in [0.5, 0.6) is 5.88 Å². The first-order chi connectivity index (χ1) is 9.74. The first kappa shape index (κ1) is 12.9. The van der Waals surface area contributed by atoms with Crippen molar-refractivity contribution in [3.63, 3.8) is 0 Å². The molecule has 2 heterocycles. The van der Waals surface area contributed by atoms with E-state index in [1.54, 1.807) is 0 Å². The van der Waals surface area contributed by atoms with Crippen LogP contribution in [-0.4, -0.2) is 21.6 Å². The van der Waals surface area contributed by atoms with E-state index in [1.807, 2.05) is 0 Å². The molecular formula is C14H13F2N3O. The van der Waals surface area contributed by atoms with Gasteiger partial charge in [-0.15, -0.1) is 0 Å². The van der Waals surface area contributed by atoms with Crippen molar-refractivity contribution >= 4 is 0 Å². The number of halogens is 2. The molecule has 0 bridgehead atoms. The molecule has 1 aliphatic carbocycles. The smallest absolute Gasteiger partial charge is 0.251 e. The molecule has 0 N–H and O–H groups in total. The lowest BCUT2D eigenvalue weighted by molar-refractivity contribution is 0.170. The van der Waals surface area contributed by atoms with Crippen LogP contribution in [0.25, 0.3) is 11.4 Å². The lowest BCUT2D eigenvalue weighted by Crippen LogP contribution is -2.20. The van der Waals surface area contributed by atoms with Gasteiger partial charge in [0.1, 0.15) is 0 Å². The summed E-state index contributed by atoms with van der Waals surface area (Å²) in [4.78, 5) is 11.4. The largest absolute Gasteiger partial charge is 0.475 e. The zero-order valence-corrected chi connectivity index (χ0v) is 10.7. The zero-order chi connectivity index (χ0) is 13.9. The molecular weight excluding hydrogens is 264 g/mol. The second-order valence-corrected chi connectivity index (χ2v) is 4.81. The monoisotopic (exact) mass is 277 g/mol. The van der Waals surface area contributed by atoms with Crippen LogP contribution in [0, 0.1) is 17.6 Å². The summed E-state index contributed by atoms with van der Waals surface area (Å²) >= 11 is 0. The Labute approximate surface area is 114 Å². The molecule has 2 aromatic heterocycles. The van der Waals surface area contributed by atoms with Crippen LogP contribution < -0.4 is 4.74 Å². The lowest BCUT2D eigenvalue weighted by atomic mass is 9.86. The number of hydrogen-bond donors (Lipinski definition) is 0. The second kappa shape index (κ2) is 5.48. The summed E-state index contributed by atoms with van der Waals surface area (Å²) in [5.74, 6) is -0.632. The Kier molecular flexibility index (Phi) is 3.54. The van der Waals surface area contributed by atoms with Crippen molar-refractivity contribution in [3.8, 4) is 17.3 Å². The third-order valence-corrected chi connectivity index (χ3v) is 3.40. The third kappa shape index (κ3) is 2.59. The van der Waals surface area contributed by atoms with Gasteiger partial charge in [-0.1, -0.05) is 6.42 Å². The lowest BCUT2D eigenvalue weighted by Gasteiger charge is -2.24. The minimum absolute atomic E-state index is 0.0534. The van der Waals surface area contributed by atoms with Crippen LogP contribution in [0.1, 0.15) is 19.3 Å². The Morgan fingerprint density at radius 1 is 1.15 bits per heavy atom. The van der Waals surface area contributed by atoms with Crippen molar-refractivity contribution in [2.24, 2.45) is 5.92 Å². The van der Waals surface area contributed by atoms with E-state index < -0.39 is 11.6 Å². The predicted molar refractivity (Wildman–Crippen MR) is 68.0 cm³/mol. The van der Waals surface area contributed by atoms with Gasteiger partial charge in [0.05, 0.1) is 24.6 Å². The molecule has 0 aliphatic heterocycles. The van der Waals surface area contributed by atoms with Crippen LogP contribution >= 0.6 is 0 Å². The number of rotatable bonds is 4. The molecule has 0 atom stereocenters. The molecule has 1 aliphatic rings. The molecule has 0 spiro atoms. The minimum atomic E-state index is -0.613. The highest BCUT2D eigenvalue weighted by molar-refractivity contribution is 5.56. The number of ether oxygens (including phenoxy) is 1. The van der Waals surface area contributed by atoms with Gasteiger partial charge in [-0.05, 0) is 24.8 Å². The quantitative estimate of drug-likeness (QED) is 0.862. The van der Waals surface area contributed by atoms with Gasteiger partial charge in [-0.2, -0.15) is 0 Å². The topological polar surface area (TPSA) is 47.9 Å². The van der Waals surface area contributed by atoms with Crippen molar-refractivity contribution in [2.75, 3.05) is 6.61 Å². The molecule has 1 saturated carbocycles. The first-order valence-electron chi connectivity index (χ1n) is 6.49. The van der Waals surface area contributed by atoms with E-state index in [4.69, 9.17) is 4.74 Å². The van der Waals surface area contributed by atoms with Crippen molar-refractivity contribution in [1.29, 1.82) is 0 Å². The van der Waals surface area contributed by atoms with E-state index in [1.165, 1.54) is 18.7 Å². The fourth-order valence-corrected chi connectivity index (χ4v) is 2.01. The maximum absolute atomic E-state index is 14.3. The number of aromatic nitrogens is 3. The standard InChI is InChI=1S/C14H13F2N3O/c15-10-6-18-13(19-7-10)11-4-5-17-14(12(11)16)20-8-9-2-1-3-9/h4-7,9H,1-3,8H2. The summed E-state index contributed by atoms with van der Waals surface area (Å²) in [6.07, 6.45) is 6.85. The summed E-state index contributed by atoms with van der Waals surface area (Å²) in [7, 11) is 0. The maximum Gasteiger partial charge on any atom is 0.251 e. The van der Waals surface area contributed by atoms with E-state index in [0.29, 0.717) is 12.5 Å². The van der Waals surface area contributed by atoms with Crippen LogP contribution in [0.3, 0.4) is 0 Å². The summed E-state index contributed by atoms with van der Waals surface area (Å²) in [6, 6.07) is 1.44. The molecule has 6 heteroatoms. The number of hydrogen-bond acceptors (Lipinski definition) is 4. The fourth-order valence-electron chi connectivity index (χ4n) is 2.01. The summed E-state index contributed by atoms with van der Waals surface area (Å²) in [6.45, 7) is 0.470. The highest BCUT2D eigenvalue weighted by Gasteiger charge is 2.20. The molecule has 20 heavy (non-hydrogen) atoms. The molecule has 0 amide bonds. The zero-order valence-electron chi connectivity index (χ0n) is 10.7. The Hall–Kier alpha value is -2.11. The van der Waals surface area contributed by atoms with E-state index in [9.17, 15) is 8.78 Å². The molecule has 2 aromatic rings. The second-order valence-electron chi connectivity index (χ2n) is 4.81. The molecule has 104 valence electrons. The molecule has 4 nitrogen and oxygen atoms in total. The van der Waals surface area contributed by atoms with Gasteiger partial charge in [-0.25, -0.2) is 23.7 Å². The van der Waals surface area contributed by atoms with Crippen molar-refractivity contribution in [1.82, 2.24) is 15.0 Å². The molecule has 1 fully saturated rings. The minimum Gasteiger partial charge on any atom is -0.475 e. The van der Waals surface area contributed by atoms with Crippen LogP contribution in [0.15, 0.2) is 24.7 Å². The maximum atomic E-state index is 14.3. The Morgan fingerprint density at radius 2 is 1.90 bits per heavy atom. The average Bonchev–Trinajstić information content (AvgIpc) is 2.40. The normalized spacial score (nSPS) is 14.9.